The monoisotopic (exact) mass is 665 g/mol. The number of carbonyl (C=O) groups excluding carboxylic acids is 2. The molecular weight excluding hydrogens is 648 g/mol. The van der Waals surface area contributed by atoms with Crippen LogP contribution in [0.4, 0.5) is 27.6 Å². The first-order valence-corrected chi connectivity index (χ1v) is 13.4. The molecule has 0 aliphatic carbocycles. The first-order valence-electron chi connectivity index (χ1n) is 12.7. The molecule has 5 rings (SSSR count). The Labute approximate surface area is 260 Å². The highest BCUT2D eigenvalue weighted by molar-refractivity contribution is 6.32. The van der Waals surface area contributed by atoms with E-state index >= 15 is 0 Å². The second kappa shape index (κ2) is 12.6. The van der Waals surface area contributed by atoms with Crippen LogP contribution in [0.15, 0.2) is 54.7 Å². The molecule has 18 heteroatoms. The Bertz CT molecular complexity index is 1930. The number of hydrogen-bond acceptors (Lipinski definition) is 7. The van der Waals surface area contributed by atoms with Crippen molar-refractivity contribution in [2.45, 2.75) is 26.2 Å². The minimum absolute atomic E-state index is 0.0157. The maximum Gasteiger partial charge on any atom is 0.455 e. The number of rotatable bonds is 8. The molecule has 232 valence electrons. The Morgan fingerprint density at radius 3 is 2.47 bits per heavy atom. The second-order valence-corrected chi connectivity index (χ2v) is 10.2. The zero-order valence-electron chi connectivity index (χ0n) is 22.7. The molecule has 5 aromatic rings. The molecular formula is C27H18Cl2F5N9O2. The van der Waals surface area contributed by atoms with Crippen LogP contribution in [-0.2, 0) is 19.3 Å². The summed E-state index contributed by atoms with van der Waals surface area (Å²) < 4.78 is 67.3. The van der Waals surface area contributed by atoms with Gasteiger partial charge < -0.3 is 10.6 Å². The largest absolute Gasteiger partial charge is 0.455 e. The van der Waals surface area contributed by atoms with Gasteiger partial charge in [0.25, 0.3) is 17.6 Å². The lowest BCUT2D eigenvalue weighted by atomic mass is 10.1. The van der Waals surface area contributed by atoms with Crippen molar-refractivity contribution in [3.05, 3.63) is 110 Å². The summed E-state index contributed by atoms with van der Waals surface area (Å²) in [5.41, 5.74) is 0.223. The smallest absolute Gasteiger partial charge is 0.348 e. The number of amides is 2. The number of alkyl halides is 3. The van der Waals surface area contributed by atoms with Gasteiger partial charge in [0.05, 0.1) is 22.0 Å². The van der Waals surface area contributed by atoms with Crippen LogP contribution >= 0.6 is 23.2 Å². The van der Waals surface area contributed by atoms with E-state index in [2.05, 4.69) is 36.1 Å². The van der Waals surface area contributed by atoms with Crippen LogP contribution in [0.2, 0.25) is 10.0 Å². The Morgan fingerprint density at radius 2 is 1.78 bits per heavy atom. The zero-order chi connectivity index (χ0) is 32.5. The van der Waals surface area contributed by atoms with Crippen LogP contribution in [0.1, 0.15) is 43.5 Å². The van der Waals surface area contributed by atoms with E-state index in [1.165, 1.54) is 42.6 Å². The third kappa shape index (κ3) is 7.07. The van der Waals surface area contributed by atoms with Crippen molar-refractivity contribution < 1.29 is 31.5 Å². The van der Waals surface area contributed by atoms with Gasteiger partial charge in [0.1, 0.15) is 23.9 Å². The minimum atomic E-state index is -4.82. The molecule has 0 bridgehead atoms. The molecule has 2 aromatic carbocycles. The predicted molar refractivity (Wildman–Crippen MR) is 150 cm³/mol. The number of benzene rings is 2. The van der Waals surface area contributed by atoms with E-state index in [0.717, 1.165) is 10.7 Å². The highest BCUT2D eigenvalue weighted by Gasteiger charge is 2.37. The van der Waals surface area contributed by atoms with Gasteiger partial charge in [0, 0.05) is 29.4 Å². The fourth-order valence-corrected chi connectivity index (χ4v) is 4.61. The molecule has 3 aromatic heterocycles. The number of aromatic nitrogens is 7. The molecule has 2 N–H and O–H groups in total. The van der Waals surface area contributed by atoms with Crippen molar-refractivity contribution in [3.8, 4) is 5.82 Å². The van der Waals surface area contributed by atoms with E-state index in [1.807, 2.05) is 0 Å². The lowest BCUT2D eigenvalue weighted by Crippen LogP contribution is -2.26. The third-order valence-corrected chi connectivity index (χ3v) is 6.69. The lowest BCUT2D eigenvalue weighted by molar-refractivity contribution is -0.145. The summed E-state index contributed by atoms with van der Waals surface area (Å²) >= 11 is 12.5. The van der Waals surface area contributed by atoms with E-state index < -0.39 is 42.0 Å². The molecule has 0 aliphatic rings. The van der Waals surface area contributed by atoms with Crippen LogP contribution in [0.3, 0.4) is 0 Å². The number of pyridine rings is 1. The van der Waals surface area contributed by atoms with E-state index in [-0.39, 0.29) is 50.6 Å². The fourth-order valence-electron chi connectivity index (χ4n) is 4.13. The number of hydrogen-bond donors (Lipinski definition) is 2. The van der Waals surface area contributed by atoms with Gasteiger partial charge >= 0.3 is 6.18 Å². The van der Waals surface area contributed by atoms with Crippen LogP contribution in [0.25, 0.3) is 5.82 Å². The van der Waals surface area contributed by atoms with Crippen molar-refractivity contribution in [3.63, 3.8) is 0 Å². The maximum atomic E-state index is 14.1. The van der Waals surface area contributed by atoms with Gasteiger partial charge in [-0.1, -0.05) is 29.3 Å². The minimum Gasteiger partial charge on any atom is -0.348 e. The van der Waals surface area contributed by atoms with Crippen molar-refractivity contribution in [2.75, 3.05) is 5.32 Å². The van der Waals surface area contributed by atoms with Gasteiger partial charge in [-0.15, -0.1) is 10.2 Å². The van der Waals surface area contributed by atoms with Gasteiger partial charge in [-0.2, -0.15) is 23.1 Å². The topological polar surface area (TPSA) is 133 Å². The van der Waals surface area contributed by atoms with Gasteiger partial charge in [-0.25, -0.2) is 18.4 Å². The highest BCUT2D eigenvalue weighted by Crippen LogP contribution is 2.28. The SMILES string of the molecule is Cc1cc(Cl)cc(C(=O)NCc2ccc(F)cc2F)c1NC(=O)c1cc(Cn2nnc(C(F)(F)F)n2)nn1-c1ncccc1Cl. The Balaban J connectivity index is 1.47. The molecule has 0 saturated heterocycles. The van der Waals surface area contributed by atoms with Gasteiger partial charge in [0.15, 0.2) is 5.82 Å². The maximum absolute atomic E-state index is 14.1. The Morgan fingerprint density at radius 1 is 1.00 bits per heavy atom. The number of halogens is 7. The van der Waals surface area contributed by atoms with Crippen LogP contribution < -0.4 is 10.6 Å². The summed E-state index contributed by atoms with van der Waals surface area (Å²) in [6.07, 6.45) is -3.44. The second-order valence-electron chi connectivity index (χ2n) is 9.40. The van der Waals surface area contributed by atoms with Gasteiger partial charge in [-0.05, 0) is 54.1 Å². The van der Waals surface area contributed by atoms with Gasteiger partial charge in [0.2, 0.25) is 0 Å². The predicted octanol–water partition coefficient (Wildman–Crippen LogP) is 5.40. The number of nitrogens with one attached hydrogen (secondary N) is 2. The summed E-state index contributed by atoms with van der Waals surface area (Å²) in [6.45, 7) is 0.865. The summed E-state index contributed by atoms with van der Waals surface area (Å²) in [7, 11) is 0. The molecule has 0 saturated carbocycles. The molecule has 0 spiro atoms. The van der Waals surface area contributed by atoms with Crippen molar-refractivity contribution in [1.82, 2.24) is 40.3 Å². The summed E-state index contributed by atoms with van der Waals surface area (Å²) in [5.74, 6) is -4.64. The zero-order valence-corrected chi connectivity index (χ0v) is 24.2. The first kappa shape index (κ1) is 31.5. The normalized spacial score (nSPS) is 11.5. The molecule has 0 atom stereocenters. The number of nitrogens with zero attached hydrogens (tertiary/aromatic N) is 7. The van der Waals surface area contributed by atoms with Gasteiger partial charge in [-0.3, -0.25) is 9.59 Å². The first-order chi connectivity index (χ1) is 21.3. The van der Waals surface area contributed by atoms with Crippen molar-refractivity contribution >= 4 is 40.7 Å². The average molecular weight is 666 g/mol. The van der Waals surface area contributed by atoms with E-state index in [9.17, 15) is 31.5 Å². The fraction of sp³-hybridized carbons (Fsp3) is 0.148. The van der Waals surface area contributed by atoms with E-state index in [0.29, 0.717) is 16.4 Å². The molecule has 2 amide bonds. The van der Waals surface area contributed by atoms with Crippen LogP contribution in [0, 0.1) is 18.6 Å². The lowest BCUT2D eigenvalue weighted by Gasteiger charge is -2.15. The van der Waals surface area contributed by atoms with Crippen LogP contribution in [-0.4, -0.2) is 46.8 Å². The number of aryl methyl sites for hydroxylation is 1. The van der Waals surface area contributed by atoms with Crippen LogP contribution in [0.5, 0.6) is 0 Å². The number of tetrazole rings is 1. The van der Waals surface area contributed by atoms with E-state index in [1.54, 1.807) is 6.92 Å². The van der Waals surface area contributed by atoms with Crippen molar-refractivity contribution in [1.29, 1.82) is 0 Å². The molecule has 45 heavy (non-hydrogen) atoms. The molecule has 3 heterocycles. The molecule has 0 unspecified atom stereocenters. The number of carbonyl (C=O) groups is 2. The standard InChI is InChI=1S/C27H18Cl2F5N9O2/c1-13-7-15(28)8-18(24(44)36-11-14-4-5-16(30)9-20(14)31)22(13)37-25(45)21-10-17(12-42-40-26(38-41-42)27(32,33)34)39-43(21)23-19(29)3-2-6-35-23/h2-10H,11-12H2,1H3,(H,36,44)(H,37,45). The molecule has 0 radical (unpaired) electrons. The Kier molecular flexibility index (Phi) is 8.79. The molecule has 0 aliphatic heterocycles. The summed E-state index contributed by atoms with van der Waals surface area (Å²) in [5, 5.41) is 19.4. The summed E-state index contributed by atoms with van der Waals surface area (Å²) in [6, 6.07) is 9.94. The number of anilines is 1. The molecule has 0 fully saturated rings. The average Bonchev–Trinajstić information content (AvgIpc) is 3.62. The quantitative estimate of drug-likeness (QED) is 0.212. The van der Waals surface area contributed by atoms with Crippen molar-refractivity contribution in [2.24, 2.45) is 0 Å². The van der Waals surface area contributed by atoms with E-state index in [4.69, 9.17) is 23.2 Å². The molecule has 11 nitrogen and oxygen atoms in total. The highest BCUT2D eigenvalue weighted by atomic mass is 35.5. The summed E-state index contributed by atoms with van der Waals surface area (Å²) in [4.78, 5) is 31.7. The Hall–Kier alpha value is -4.96. The third-order valence-electron chi connectivity index (χ3n) is 6.18.